The Morgan fingerprint density at radius 2 is 1.95 bits per heavy atom. The standard InChI is InChI=1S/C16H21ClN4/c1-3-4-7-10-18-15-11-12(2)19-16(21-15)20-14-9-6-5-8-13(14)17/h5-6,8-9,11H,3-4,7,10H2,1-2H3,(H2,18,19,20,21). The fourth-order valence-electron chi connectivity index (χ4n) is 1.99. The molecule has 5 heteroatoms. The number of para-hydroxylation sites is 1. The molecule has 1 aromatic heterocycles. The van der Waals surface area contributed by atoms with Gasteiger partial charge in [0, 0.05) is 18.3 Å². The molecule has 0 aliphatic heterocycles. The van der Waals surface area contributed by atoms with Crippen LogP contribution in [0, 0.1) is 6.92 Å². The lowest BCUT2D eigenvalue weighted by molar-refractivity contribution is 0.742. The molecule has 0 bridgehead atoms. The molecule has 112 valence electrons. The zero-order chi connectivity index (χ0) is 15.1. The highest BCUT2D eigenvalue weighted by Crippen LogP contribution is 2.23. The zero-order valence-corrected chi connectivity index (χ0v) is 13.2. The summed E-state index contributed by atoms with van der Waals surface area (Å²) in [6.45, 7) is 5.08. The van der Waals surface area contributed by atoms with Crippen LogP contribution in [0.15, 0.2) is 30.3 Å². The van der Waals surface area contributed by atoms with Crippen molar-refractivity contribution in [2.24, 2.45) is 0 Å². The second-order valence-electron chi connectivity index (χ2n) is 4.96. The molecule has 1 aromatic carbocycles. The number of nitrogens with zero attached hydrogens (tertiary/aromatic N) is 2. The van der Waals surface area contributed by atoms with Gasteiger partial charge >= 0.3 is 0 Å². The third-order valence-corrected chi connectivity index (χ3v) is 3.39. The molecule has 2 aromatic rings. The summed E-state index contributed by atoms with van der Waals surface area (Å²) in [6.07, 6.45) is 3.58. The lowest BCUT2D eigenvalue weighted by Crippen LogP contribution is -2.06. The van der Waals surface area contributed by atoms with E-state index in [1.807, 2.05) is 37.3 Å². The lowest BCUT2D eigenvalue weighted by Gasteiger charge is -2.10. The average molecular weight is 305 g/mol. The number of halogens is 1. The Labute approximate surface area is 131 Å². The van der Waals surface area contributed by atoms with E-state index in [4.69, 9.17) is 11.6 Å². The van der Waals surface area contributed by atoms with E-state index in [1.54, 1.807) is 0 Å². The van der Waals surface area contributed by atoms with Gasteiger partial charge in [-0.25, -0.2) is 4.98 Å². The van der Waals surface area contributed by atoms with E-state index in [9.17, 15) is 0 Å². The largest absolute Gasteiger partial charge is 0.370 e. The molecule has 0 spiro atoms. The Balaban J connectivity index is 2.06. The first-order chi connectivity index (χ1) is 10.2. The minimum atomic E-state index is 0.557. The molecule has 0 radical (unpaired) electrons. The average Bonchev–Trinajstić information content (AvgIpc) is 2.46. The van der Waals surface area contributed by atoms with Crippen LogP contribution in [0.5, 0.6) is 0 Å². The highest BCUT2D eigenvalue weighted by molar-refractivity contribution is 6.33. The third-order valence-electron chi connectivity index (χ3n) is 3.06. The third kappa shape index (κ3) is 4.90. The highest BCUT2D eigenvalue weighted by atomic mass is 35.5. The van der Waals surface area contributed by atoms with E-state index >= 15 is 0 Å². The number of hydrogen-bond donors (Lipinski definition) is 2. The Bertz CT molecular complexity index is 586. The molecular weight excluding hydrogens is 284 g/mol. The van der Waals surface area contributed by atoms with Gasteiger partial charge in [-0.05, 0) is 25.5 Å². The van der Waals surface area contributed by atoms with Gasteiger partial charge in [0.1, 0.15) is 5.82 Å². The summed E-state index contributed by atoms with van der Waals surface area (Å²) in [5, 5.41) is 7.15. The normalized spacial score (nSPS) is 10.4. The monoisotopic (exact) mass is 304 g/mol. The summed E-state index contributed by atoms with van der Waals surface area (Å²) in [6, 6.07) is 9.51. The second kappa shape index (κ2) is 7.84. The summed E-state index contributed by atoms with van der Waals surface area (Å²) < 4.78 is 0. The van der Waals surface area contributed by atoms with Crippen LogP contribution in [0.2, 0.25) is 5.02 Å². The molecule has 2 N–H and O–H groups in total. The van der Waals surface area contributed by atoms with Gasteiger partial charge in [0.15, 0.2) is 0 Å². The number of unbranched alkanes of at least 4 members (excludes halogenated alkanes) is 2. The summed E-state index contributed by atoms with van der Waals surface area (Å²) >= 11 is 6.14. The molecule has 0 saturated heterocycles. The van der Waals surface area contributed by atoms with Crippen molar-refractivity contribution in [3.8, 4) is 0 Å². The van der Waals surface area contributed by atoms with Crippen LogP contribution >= 0.6 is 11.6 Å². The van der Waals surface area contributed by atoms with Crippen LogP contribution < -0.4 is 10.6 Å². The quantitative estimate of drug-likeness (QED) is 0.722. The predicted octanol–water partition coefficient (Wildman–Crippen LogP) is 4.78. The molecule has 21 heavy (non-hydrogen) atoms. The van der Waals surface area contributed by atoms with Crippen LogP contribution in [0.25, 0.3) is 0 Å². The molecule has 0 saturated carbocycles. The maximum atomic E-state index is 6.14. The van der Waals surface area contributed by atoms with Crippen molar-refractivity contribution in [1.29, 1.82) is 0 Å². The van der Waals surface area contributed by atoms with Crippen molar-refractivity contribution in [2.45, 2.75) is 33.1 Å². The van der Waals surface area contributed by atoms with Gasteiger partial charge in [-0.2, -0.15) is 4.98 Å². The van der Waals surface area contributed by atoms with Gasteiger partial charge in [-0.3, -0.25) is 0 Å². The first-order valence-corrected chi connectivity index (χ1v) is 7.68. The van der Waals surface area contributed by atoms with E-state index in [0.29, 0.717) is 11.0 Å². The minimum absolute atomic E-state index is 0.557. The lowest BCUT2D eigenvalue weighted by atomic mass is 10.2. The molecular formula is C16H21ClN4. The van der Waals surface area contributed by atoms with Crippen molar-refractivity contribution in [3.63, 3.8) is 0 Å². The number of aryl methyl sites for hydroxylation is 1. The molecule has 4 nitrogen and oxygen atoms in total. The maximum Gasteiger partial charge on any atom is 0.229 e. The number of benzene rings is 1. The summed E-state index contributed by atoms with van der Waals surface area (Å²) in [7, 11) is 0. The molecule has 0 aliphatic carbocycles. The summed E-state index contributed by atoms with van der Waals surface area (Å²) in [5.41, 5.74) is 1.72. The molecule has 0 fully saturated rings. The number of hydrogen-bond acceptors (Lipinski definition) is 4. The zero-order valence-electron chi connectivity index (χ0n) is 12.5. The Kier molecular flexibility index (Phi) is 5.81. The van der Waals surface area contributed by atoms with Gasteiger partial charge in [0.05, 0.1) is 10.7 Å². The summed E-state index contributed by atoms with van der Waals surface area (Å²) in [4.78, 5) is 8.87. The predicted molar refractivity (Wildman–Crippen MR) is 89.5 cm³/mol. The van der Waals surface area contributed by atoms with Gasteiger partial charge in [0.25, 0.3) is 0 Å². The molecule has 0 atom stereocenters. The van der Waals surface area contributed by atoms with E-state index in [1.165, 1.54) is 12.8 Å². The Morgan fingerprint density at radius 1 is 1.14 bits per heavy atom. The van der Waals surface area contributed by atoms with E-state index in [-0.39, 0.29) is 0 Å². The van der Waals surface area contributed by atoms with Gasteiger partial charge in [-0.15, -0.1) is 0 Å². The summed E-state index contributed by atoms with van der Waals surface area (Å²) in [5.74, 6) is 1.40. The molecule has 0 unspecified atom stereocenters. The molecule has 2 rings (SSSR count). The van der Waals surface area contributed by atoms with Crippen molar-refractivity contribution < 1.29 is 0 Å². The number of aromatic nitrogens is 2. The van der Waals surface area contributed by atoms with Crippen LogP contribution in [0.4, 0.5) is 17.5 Å². The van der Waals surface area contributed by atoms with Gasteiger partial charge in [0.2, 0.25) is 5.95 Å². The molecule has 0 aliphatic rings. The minimum Gasteiger partial charge on any atom is -0.370 e. The number of rotatable bonds is 7. The van der Waals surface area contributed by atoms with Gasteiger partial charge in [-0.1, -0.05) is 43.5 Å². The van der Waals surface area contributed by atoms with Crippen LogP contribution in [-0.2, 0) is 0 Å². The van der Waals surface area contributed by atoms with Crippen molar-refractivity contribution in [3.05, 3.63) is 41.0 Å². The molecule has 0 amide bonds. The second-order valence-corrected chi connectivity index (χ2v) is 5.36. The Morgan fingerprint density at radius 3 is 2.71 bits per heavy atom. The molecule has 1 heterocycles. The fourth-order valence-corrected chi connectivity index (χ4v) is 2.17. The first-order valence-electron chi connectivity index (χ1n) is 7.30. The first kappa shape index (κ1) is 15.6. The van der Waals surface area contributed by atoms with Crippen molar-refractivity contribution in [2.75, 3.05) is 17.2 Å². The number of anilines is 3. The van der Waals surface area contributed by atoms with E-state index in [2.05, 4.69) is 27.5 Å². The Hall–Kier alpha value is -1.81. The van der Waals surface area contributed by atoms with Crippen LogP contribution in [-0.4, -0.2) is 16.5 Å². The van der Waals surface area contributed by atoms with Gasteiger partial charge < -0.3 is 10.6 Å². The van der Waals surface area contributed by atoms with Crippen molar-refractivity contribution in [1.82, 2.24) is 9.97 Å². The van der Waals surface area contributed by atoms with E-state index in [0.717, 1.165) is 30.2 Å². The van der Waals surface area contributed by atoms with Crippen LogP contribution in [0.3, 0.4) is 0 Å². The topological polar surface area (TPSA) is 49.8 Å². The highest BCUT2D eigenvalue weighted by Gasteiger charge is 2.04. The van der Waals surface area contributed by atoms with Crippen LogP contribution in [0.1, 0.15) is 31.9 Å². The maximum absolute atomic E-state index is 6.14. The fraction of sp³-hybridized carbons (Fsp3) is 0.375. The van der Waals surface area contributed by atoms with E-state index < -0.39 is 0 Å². The SMILES string of the molecule is CCCCCNc1cc(C)nc(Nc2ccccc2Cl)n1. The van der Waals surface area contributed by atoms with Crippen molar-refractivity contribution >= 4 is 29.1 Å². The number of nitrogens with one attached hydrogen (secondary N) is 2. The smallest absolute Gasteiger partial charge is 0.229 e.